The normalized spacial score (nSPS) is 13.7. The van der Waals surface area contributed by atoms with E-state index in [1.165, 1.54) is 25.1 Å². The van der Waals surface area contributed by atoms with Crippen molar-refractivity contribution >= 4 is 11.5 Å². The first-order valence-corrected chi connectivity index (χ1v) is 7.41. The van der Waals surface area contributed by atoms with Gasteiger partial charge in [0, 0.05) is 32.0 Å². The van der Waals surface area contributed by atoms with Gasteiger partial charge in [0.25, 0.3) is 5.69 Å². The maximum Gasteiger partial charge on any atom is 0.287 e. The van der Waals surface area contributed by atoms with Crippen LogP contribution >= 0.6 is 0 Å². The van der Waals surface area contributed by atoms with Crippen LogP contribution in [0.2, 0.25) is 0 Å². The zero-order valence-electron chi connectivity index (χ0n) is 12.4. The van der Waals surface area contributed by atoms with Crippen LogP contribution in [-0.4, -0.2) is 31.2 Å². The average Bonchev–Trinajstić information content (AvgIpc) is 2.92. The maximum atomic E-state index is 10.7. The Morgan fingerprint density at radius 3 is 3.05 bits per heavy atom. The first kappa shape index (κ1) is 14.4. The number of pyridine rings is 1. The number of fused-ring (bicyclic) bond motifs is 1. The summed E-state index contributed by atoms with van der Waals surface area (Å²) < 4.78 is 2.20. The number of aromatic nitrogens is 4. The summed E-state index contributed by atoms with van der Waals surface area (Å²) in [6.45, 7) is 3.47. The highest BCUT2D eigenvalue weighted by atomic mass is 16.6. The Balaban J connectivity index is 1.61. The molecule has 3 heterocycles. The third kappa shape index (κ3) is 2.90. The predicted molar refractivity (Wildman–Crippen MR) is 80.8 cm³/mol. The quantitative estimate of drug-likeness (QED) is 0.668. The molecular formula is C14H18N6O2. The SMILES string of the molecule is Cc1cc([N+](=O)[O-])cnc1NCCc1nnc2n1CCCC2. The average molecular weight is 302 g/mol. The van der Waals surface area contributed by atoms with Crippen LogP contribution in [0.5, 0.6) is 0 Å². The molecule has 3 rings (SSSR count). The standard InChI is InChI=1S/C14H18N6O2/c1-10-8-11(20(21)22)9-16-14(10)15-6-5-13-18-17-12-4-2-3-7-19(12)13/h8-9H,2-7H2,1H3,(H,15,16). The predicted octanol–water partition coefficient (Wildman–Crippen LogP) is 1.88. The van der Waals surface area contributed by atoms with Gasteiger partial charge >= 0.3 is 0 Å². The fourth-order valence-electron chi connectivity index (χ4n) is 2.69. The fourth-order valence-corrected chi connectivity index (χ4v) is 2.69. The van der Waals surface area contributed by atoms with Crippen LogP contribution in [-0.2, 0) is 19.4 Å². The molecule has 0 fully saturated rings. The van der Waals surface area contributed by atoms with Crippen molar-refractivity contribution in [1.29, 1.82) is 0 Å². The third-order valence-corrected chi connectivity index (χ3v) is 3.85. The van der Waals surface area contributed by atoms with Gasteiger partial charge in [-0.1, -0.05) is 0 Å². The molecule has 0 bridgehead atoms. The van der Waals surface area contributed by atoms with Crippen molar-refractivity contribution in [2.75, 3.05) is 11.9 Å². The molecule has 1 N–H and O–H groups in total. The van der Waals surface area contributed by atoms with Crippen molar-refractivity contribution in [1.82, 2.24) is 19.7 Å². The van der Waals surface area contributed by atoms with Gasteiger partial charge in [-0.25, -0.2) is 4.98 Å². The molecule has 8 nitrogen and oxygen atoms in total. The molecule has 0 aliphatic carbocycles. The molecule has 22 heavy (non-hydrogen) atoms. The zero-order valence-corrected chi connectivity index (χ0v) is 12.4. The summed E-state index contributed by atoms with van der Waals surface area (Å²) in [5.74, 6) is 2.73. The number of nitrogens with one attached hydrogen (secondary N) is 1. The number of rotatable bonds is 5. The van der Waals surface area contributed by atoms with Gasteiger partial charge in [0.05, 0.1) is 4.92 Å². The lowest BCUT2D eigenvalue weighted by atomic mass is 10.1. The molecule has 0 aromatic carbocycles. The number of nitrogens with zero attached hydrogens (tertiary/aromatic N) is 5. The molecule has 0 radical (unpaired) electrons. The van der Waals surface area contributed by atoms with Crippen LogP contribution in [0.15, 0.2) is 12.3 Å². The number of nitro groups is 1. The van der Waals surface area contributed by atoms with E-state index in [9.17, 15) is 10.1 Å². The monoisotopic (exact) mass is 302 g/mol. The molecule has 116 valence electrons. The van der Waals surface area contributed by atoms with E-state index in [0.717, 1.165) is 36.6 Å². The molecule has 1 aliphatic heterocycles. The minimum absolute atomic E-state index is 0.00887. The molecular weight excluding hydrogens is 284 g/mol. The maximum absolute atomic E-state index is 10.7. The van der Waals surface area contributed by atoms with Crippen molar-refractivity contribution in [3.63, 3.8) is 0 Å². The van der Waals surface area contributed by atoms with Gasteiger partial charge in [0.1, 0.15) is 23.7 Å². The summed E-state index contributed by atoms with van der Waals surface area (Å²) in [5, 5.41) is 22.4. The number of hydrogen-bond donors (Lipinski definition) is 1. The summed E-state index contributed by atoms with van der Waals surface area (Å²) in [6.07, 6.45) is 5.39. The van der Waals surface area contributed by atoms with Crippen molar-refractivity contribution in [3.8, 4) is 0 Å². The number of aryl methyl sites for hydroxylation is 2. The topological polar surface area (TPSA) is 98.8 Å². The van der Waals surface area contributed by atoms with Gasteiger partial charge in [0.15, 0.2) is 0 Å². The summed E-state index contributed by atoms with van der Waals surface area (Å²) in [6, 6.07) is 1.52. The second kappa shape index (κ2) is 6.08. The van der Waals surface area contributed by atoms with E-state index < -0.39 is 4.92 Å². The van der Waals surface area contributed by atoms with Crippen LogP contribution in [0.25, 0.3) is 0 Å². The number of hydrogen-bond acceptors (Lipinski definition) is 6. The van der Waals surface area contributed by atoms with Gasteiger partial charge in [-0.05, 0) is 25.3 Å². The van der Waals surface area contributed by atoms with Crippen LogP contribution < -0.4 is 5.32 Å². The first-order valence-electron chi connectivity index (χ1n) is 7.41. The summed E-state index contributed by atoms with van der Waals surface area (Å²) in [4.78, 5) is 14.4. The molecule has 2 aromatic rings. The highest BCUT2D eigenvalue weighted by molar-refractivity contribution is 5.48. The van der Waals surface area contributed by atoms with E-state index in [2.05, 4.69) is 25.1 Å². The lowest BCUT2D eigenvalue weighted by Crippen LogP contribution is -2.16. The molecule has 0 saturated carbocycles. The molecule has 1 aliphatic rings. The highest BCUT2D eigenvalue weighted by Crippen LogP contribution is 2.18. The van der Waals surface area contributed by atoms with E-state index in [-0.39, 0.29) is 5.69 Å². The van der Waals surface area contributed by atoms with Crippen LogP contribution in [0.1, 0.15) is 30.1 Å². The van der Waals surface area contributed by atoms with Crippen LogP contribution in [0.4, 0.5) is 11.5 Å². The second-order valence-corrected chi connectivity index (χ2v) is 5.43. The Bertz CT molecular complexity index is 697. The summed E-state index contributed by atoms with van der Waals surface area (Å²) >= 11 is 0. The van der Waals surface area contributed by atoms with Crippen molar-refractivity contribution in [3.05, 3.63) is 39.6 Å². The first-order chi connectivity index (χ1) is 10.6. The van der Waals surface area contributed by atoms with E-state index in [1.54, 1.807) is 6.92 Å². The van der Waals surface area contributed by atoms with Gasteiger partial charge in [-0.15, -0.1) is 10.2 Å². The Labute approximate surface area is 127 Å². The van der Waals surface area contributed by atoms with Crippen LogP contribution in [0, 0.1) is 17.0 Å². The third-order valence-electron chi connectivity index (χ3n) is 3.85. The smallest absolute Gasteiger partial charge is 0.287 e. The largest absolute Gasteiger partial charge is 0.369 e. The minimum Gasteiger partial charge on any atom is -0.369 e. The van der Waals surface area contributed by atoms with Crippen molar-refractivity contribution in [2.24, 2.45) is 0 Å². The Kier molecular flexibility index (Phi) is 3.99. The van der Waals surface area contributed by atoms with Crippen LogP contribution in [0.3, 0.4) is 0 Å². The van der Waals surface area contributed by atoms with E-state index in [0.29, 0.717) is 12.4 Å². The van der Waals surface area contributed by atoms with Gasteiger partial charge in [0.2, 0.25) is 0 Å². The van der Waals surface area contributed by atoms with Crippen molar-refractivity contribution < 1.29 is 4.92 Å². The Morgan fingerprint density at radius 1 is 1.41 bits per heavy atom. The molecule has 0 saturated heterocycles. The molecule has 2 aromatic heterocycles. The highest BCUT2D eigenvalue weighted by Gasteiger charge is 2.15. The van der Waals surface area contributed by atoms with Gasteiger partial charge in [-0.2, -0.15) is 0 Å². The van der Waals surface area contributed by atoms with E-state index in [4.69, 9.17) is 0 Å². The van der Waals surface area contributed by atoms with Gasteiger partial charge < -0.3 is 9.88 Å². The fraction of sp³-hybridized carbons (Fsp3) is 0.500. The lowest BCUT2D eigenvalue weighted by molar-refractivity contribution is -0.385. The Hall–Kier alpha value is -2.51. The molecule has 0 spiro atoms. The summed E-state index contributed by atoms with van der Waals surface area (Å²) in [7, 11) is 0. The molecule has 0 atom stereocenters. The van der Waals surface area contributed by atoms with E-state index in [1.807, 2.05) is 0 Å². The van der Waals surface area contributed by atoms with E-state index >= 15 is 0 Å². The second-order valence-electron chi connectivity index (χ2n) is 5.43. The Morgan fingerprint density at radius 2 is 2.27 bits per heavy atom. The lowest BCUT2D eigenvalue weighted by Gasteiger charge is -2.15. The minimum atomic E-state index is -0.438. The van der Waals surface area contributed by atoms with Gasteiger partial charge in [-0.3, -0.25) is 10.1 Å². The molecule has 0 amide bonds. The molecule has 0 unspecified atom stereocenters. The summed E-state index contributed by atoms with van der Waals surface area (Å²) in [5.41, 5.74) is 0.770. The zero-order chi connectivity index (χ0) is 15.5. The van der Waals surface area contributed by atoms with Crippen molar-refractivity contribution in [2.45, 2.75) is 39.2 Å². The number of anilines is 1. The molecule has 8 heteroatoms.